The predicted octanol–water partition coefficient (Wildman–Crippen LogP) is 8.07. The van der Waals surface area contributed by atoms with E-state index in [0.717, 1.165) is 39.9 Å². The first kappa shape index (κ1) is 33.4. The van der Waals surface area contributed by atoms with Crippen molar-refractivity contribution in [2.24, 2.45) is 0 Å². The van der Waals surface area contributed by atoms with Crippen LogP contribution in [0.5, 0.6) is 0 Å². The molecule has 4 aromatic carbocycles. The van der Waals surface area contributed by atoms with Crippen LogP contribution in [0, 0.1) is 0 Å². The highest BCUT2D eigenvalue weighted by Gasteiger charge is 2.34. The van der Waals surface area contributed by atoms with E-state index in [4.69, 9.17) is 44.3 Å². The zero-order valence-corrected chi connectivity index (χ0v) is 27.5. The van der Waals surface area contributed by atoms with Crippen molar-refractivity contribution < 1.29 is 19.4 Å². The van der Waals surface area contributed by atoms with Gasteiger partial charge in [0.05, 0.1) is 18.8 Å². The minimum atomic E-state index is -2.03. The van der Waals surface area contributed by atoms with E-state index in [2.05, 4.69) is 48.5 Å². The number of amides is 1. The van der Waals surface area contributed by atoms with Crippen molar-refractivity contribution in [2.75, 3.05) is 13.6 Å². The summed E-state index contributed by atoms with van der Waals surface area (Å²) in [5.41, 5.74) is 6.88. The Labute approximate surface area is 279 Å². The van der Waals surface area contributed by atoms with Crippen LogP contribution >= 0.6 is 34.8 Å². The van der Waals surface area contributed by atoms with Crippen LogP contribution in [0.15, 0.2) is 103 Å². The van der Waals surface area contributed by atoms with Crippen LogP contribution in [0.3, 0.4) is 0 Å². The lowest BCUT2D eigenvalue weighted by molar-refractivity contribution is -0.253. The van der Waals surface area contributed by atoms with Gasteiger partial charge in [-0.25, -0.2) is 0 Å². The lowest BCUT2D eigenvalue weighted by Crippen LogP contribution is -2.38. The number of likely N-dealkylation sites (N-methyl/N-ethyl adjacent to an activating group) is 1. The van der Waals surface area contributed by atoms with Gasteiger partial charge in [0.1, 0.15) is 0 Å². The molecule has 2 N–H and O–H groups in total. The highest BCUT2D eigenvalue weighted by molar-refractivity contribution is 6.76. The molecule has 9 heteroatoms. The molecule has 1 heterocycles. The van der Waals surface area contributed by atoms with Gasteiger partial charge in [0.2, 0.25) is 0 Å². The van der Waals surface area contributed by atoms with E-state index in [1.165, 1.54) is 5.56 Å². The molecule has 0 saturated carbocycles. The molecular formula is C36H37Cl3N2O4. The summed E-state index contributed by atoms with van der Waals surface area (Å²) in [6.07, 6.45) is -0.126. The molecular weight excluding hydrogens is 631 g/mol. The molecule has 0 aliphatic carbocycles. The van der Waals surface area contributed by atoms with Gasteiger partial charge in [-0.3, -0.25) is 9.69 Å². The summed E-state index contributed by atoms with van der Waals surface area (Å²) in [5, 5.41) is 12.2. The second-order valence-electron chi connectivity index (χ2n) is 11.3. The number of aliphatic hydroxyl groups excluding tert-OH is 1. The quantitative estimate of drug-likeness (QED) is 0.168. The van der Waals surface area contributed by atoms with Gasteiger partial charge in [0, 0.05) is 31.1 Å². The van der Waals surface area contributed by atoms with Crippen molar-refractivity contribution in [1.29, 1.82) is 0 Å². The van der Waals surface area contributed by atoms with Crippen molar-refractivity contribution in [3.8, 4) is 11.1 Å². The van der Waals surface area contributed by atoms with E-state index in [9.17, 15) is 9.90 Å². The molecule has 1 amide bonds. The Balaban J connectivity index is 1.35. The Morgan fingerprint density at radius 3 is 2.22 bits per heavy atom. The van der Waals surface area contributed by atoms with Crippen LogP contribution in [0.4, 0.5) is 0 Å². The number of alkyl halides is 3. The lowest BCUT2D eigenvalue weighted by atomic mass is 9.97. The van der Waals surface area contributed by atoms with Crippen LogP contribution in [-0.2, 0) is 27.4 Å². The Bertz CT molecular complexity index is 1550. The van der Waals surface area contributed by atoms with Crippen molar-refractivity contribution in [3.63, 3.8) is 0 Å². The number of carbonyl (C=O) groups excluding carboxylic acids is 1. The fraction of sp³-hybridized carbons (Fsp3) is 0.306. The van der Waals surface area contributed by atoms with Crippen LogP contribution in [0.25, 0.3) is 11.1 Å². The summed E-state index contributed by atoms with van der Waals surface area (Å²) < 4.78 is 11.1. The molecule has 4 aromatic rings. The first-order valence-electron chi connectivity index (χ1n) is 14.9. The standard InChI is InChI=1S/C36H37Cl3N2O4/c1-24(26-8-4-3-5-9-26)41(2)22-31-20-33(28-14-12-25(23-42)13-15-28)45-34(44-31)29-18-16-27(17-19-29)32-11-7-6-10-30(32)21-40-35(43)36(37,38)39/h3-19,24,31,33-34,42H,20-23H2,1-2H3,(H,40,43). The second-order valence-corrected chi connectivity index (χ2v) is 13.6. The Kier molecular flexibility index (Phi) is 11.2. The fourth-order valence-corrected chi connectivity index (χ4v) is 5.75. The van der Waals surface area contributed by atoms with Gasteiger partial charge >= 0.3 is 0 Å². The number of hydrogen-bond donors (Lipinski definition) is 2. The summed E-state index contributed by atoms with van der Waals surface area (Å²) in [7, 11) is 2.12. The van der Waals surface area contributed by atoms with Gasteiger partial charge in [-0.15, -0.1) is 0 Å². The maximum Gasteiger partial charge on any atom is 0.272 e. The van der Waals surface area contributed by atoms with E-state index in [1.807, 2.05) is 78.9 Å². The van der Waals surface area contributed by atoms with Crippen LogP contribution in [-0.4, -0.2) is 39.4 Å². The monoisotopic (exact) mass is 666 g/mol. The molecule has 236 valence electrons. The van der Waals surface area contributed by atoms with Gasteiger partial charge in [-0.2, -0.15) is 0 Å². The van der Waals surface area contributed by atoms with Gasteiger partial charge in [0.25, 0.3) is 9.70 Å². The van der Waals surface area contributed by atoms with Crippen LogP contribution in [0.1, 0.15) is 59.6 Å². The third-order valence-electron chi connectivity index (χ3n) is 8.26. The number of halogens is 3. The molecule has 1 aliphatic rings. The zero-order valence-electron chi connectivity index (χ0n) is 25.2. The number of ether oxygens (including phenoxy) is 2. The topological polar surface area (TPSA) is 71.0 Å². The predicted molar refractivity (Wildman–Crippen MR) is 180 cm³/mol. The van der Waals surface area contributed by atoms with E-state index in [1.54, 1.807) is 0 Å². The molecule has 6 nitrogen and oxygen atoms in total. The second kappa shape index (κ2) is 15.1. The van der Waals surface area contributed by atoms with Gasteiger partial charge < -0.3 is 19.9 Å². The number of rotatable bonds is 10. The maximum atomic E-state index is 12.1. The third kappa shape index (κ3) is 8.66. The molecule has 1 aliphatic heterocycles. The Morgan fingerprint density at radius 1 is 0.911 bits per heavy atom. The molecule has 0 spiro atoms. The number of nitrogens with zero attached hydrogens (tertiary/aromatic N) is 1. The summed E-state index contributed by atoms with van der Waals surface area (Å²) in [5.74, 6) is -0.678. The molecule has 1 fully saturated rings. The molecule has 0 bridgehead atoms. The number of benzene rings is 4. The van der Waals surface area contributed by atoms with Crippen molar-refractivity contribution >= 4 is 40.7 Å². The number of carbonyl (C=O) groups is 1. The summed E-state index contributed by atoms with van der Waals surface area (Å²) in [6, 6.07) is 34.4. The lowest BCUT2D eigenvalue weighted by Gasteiger charge is -2.39. The normalized spacial score (nSPS) is 19.3. The van der Waals surface area contributed by atoms with Gasteiger partial charge in [-0.1, -0.05) is 138 Å². The molecule has 5 rings (SSSR count). The molecule has 0 aromatic heterocycles. The summed E-state index contributed by atoms with van der Waals surface area (Å²) >= 11 is 17.2. The number of nitrogens with one attached hydrogen (secondary N) is 1. The number of aliphatic hydroxyl groups is 1. The molecule has 4 unspecified atom stereocenters. The van der Waals surface area contributed by atoms with Crippen molar-refractivity contribution in [1.82, 2.24) is 10.2 Å². The fourth-order valence-electron chi connectivity index (χ4n) is 5.55. The SMILES string of the molecule is CC(c1ccccc1)N(C)CC1CC(c2ccc(CO)cc2)OC(c2ccc(-c3ccccc3CNC(=O)C(Cl)(Cl)Cl)cc2)O1. The first-order valence-corrected chi connectivity index (χ1v) is 16.0. The highest BCUT2D eigenvalue weighted by Crippen LogP contribution is 2.39. The molecule has 1 saturated heterocycles. The van der Waals surface area contributed by atoms with Crippen molar-refractivity contribution in [3.05, 3.63) is 131 Å². The molecule has 4 atom stereocenters. The minimum absolute atomic E-state index is 0.00289. The largest absolute Gasteiger partial charge is 0.392 e. The minimum Gasteiger partial charge on any atom is -0.392 e. The van der Waals surface area contributed by atoms with Crippen LogP contribution < -0.4 is 5.32 Å². The Morgan fingerprint density at radius 2 is 1.56 bits per heavy atom. The number of hydrogen-bond acceptors (Lipinski definition) is 5. The van der Waals surface area contributed by atoms with Crippen LogP contribution in [0.2, 0.25) is 0 Å². The average Bonchev–Trinajstić information content (AvgIpc) is 3.07. The summed E-state index contributed by atoms with van der Waals surface area (Å²) in [6.45, 7) is 3.15. The molecule has 45 heavy (non-hydrogen) atoms. The Hall–Kier alpha value is -2.94. The van der Waals surface area contributed by atoms with Crippen molar-refractivity contribution in [2.45, 2.75) is 54.8 Å². The highest BCUT2D eigenvalue weighted by atomic mass is 35.6. The van der Waals surface area contributed by atoms with Gasteiger partial charge in [-0.05, 0) is 47.4 Å². The zero-order chi connectivity index (χ0) is 32.0. The van der Waals surface area contributed by atoms with E-state index >= 15 is 0 Å². The van der Waals surface area contributed by atoms with Gasteiger partial charge in [0.15, 0.2) is 6.29 Å². The smallest absolute Gasteiger partial charge is 0.272 e. The van der Waals surface area contributed by atoms with E-state index in [-0.39, 0.29) is 31.4 Å². The summed E-state index contributed by atoms with van der Waals surface area (Å²) in [4.78, 5) is 14.4. The van der Waals surface area contributed by atoms with E-state index < -0.39 is 16.0 Å². The third-order valence-corrected chi connectivity index (χ3v) is 8.77. The molecule has 0 radical (unpaired) electrons. The average molecular weight is 668 g/mol. The maximum absolute atomic E-state index is 12.1. The van der Waals surface area contributed by atoms with E-state index in [0.29, 0.717) is 6.42 Å². The first-order chi connectivity index (χ1) is 21.6.